The molecule has 4 rings (SSSR count). The van der Waals surface area contributed by atoms with E-state index in [-0.39, 0.29) is 5.41 Å². The van der Waals surface area contributed by atoms with Crippen molar-refractivity contribution in [1.82, 2.24) is 4.98 Å². The molecule has 1 N–H and O–H groups in total. The summed E-state index contributed by atoms with van der Waals surface area (Å²) < 4.78 is 0. The molecule has 0 amide bonds. The lowest BCUT2D eigenvalue weighted by Crippen LogP contribution is -2.43. The number of aromatic nitrogens is 1. The minimum atomic E-state index is -0.782. The third-order valence-electron chi connectivity index (χ3n) is 6.47. The molecule has 0 atom stereocenters. The van der Waals surface area contributed by atoms with Crippen LogP contribution in [-0.4, -0.2) is 16.1 Å². The molecule has 0 aliphatic heterocycles. The van der Waals surface area contributed by atoms with E-state index >= 15 is 0 Å². The second kappa shape index (κ2) is 7.23. The number of hydrogen-bond acceptors (Lipinski definition) is 2. The van der Waals surface area contributed by atoms with Crippen molar-refractivity contribution in [2.45, 2.75) is 43.4 Å². The SMILES string of the molecule is C[C@]1(c2ccnc(-c3ccccc3)c2)CC[C@@](C(=O)O)(c2ccccc2)CC1. The van der Waals surface area contributed by atoms with Crippen LogP contribution in [0.15, 0.2) is 79.0 Å². The van der Waals surface area contributed by atoms with Gasteiger partial charge in [-0.15, -0.1) is 0 Å². The van der Waals surface area contributed by atoms with Gasteiger partial charge in [0.25, 0.3) is 0 Å². The van der Waals surface area contributed by atoms with Gasteiger partial charge >= 0.3 is 5.97 Å². The van der Waals surface area contributed by atoms with Gasteiger partial charge in [-0.05, 0) is 54.4 Å². The molecule has 0 spiro atoms. The van der Waals surface area contributed by atoms with Crippen LogP contribution in [0.3, 0.4) is 0 Å². The molecule has 1 saturated carbocycles. The van der Waals surface area contributed by atoms with Crippen LogP contribution in [0.2, 0.25) is 0 Å². The van der Waals surface area contributed by atoms with Crippen molar-refractivity contribution in [2.75, 3.05) is 0 Å². The monoisotopic (exact) mass is 371 g/mol. The molecule has 3 aromatic rings. The minimum absolute atomic E-state index is 0.0415. The molecule has 0 unspecified atom stereocenters. The smallest absolute Gasteiger partial charge is 0.314 e. The zero-order chi connectivity index (χ0) is 19.6. The molecular formula is C25H25NO2. The van der Waals surface area contributed by atoms with E-state index in [4.69, 9.17) is 0 Å². The molecule has 0 bridgehead atoms. The Morgan fingerprint density at radius 3 is 2.07 bits per heavy atom. The predicted octanol–water partition coefficient (Wildman–Crippen LogP) is 5.60. The molecule has 28 heavy (non-hydrogen) atoms. The summed E-state index contributed by atoms with van der Waals surface area (Å²) in [7, 11) is 0. The van der Waals surface area contributed by atoms with E-state index in [1.807, 2.05) is 54.7 Å². The zero-order valence-corrected chi connectivity index (χ0v) is 16.1. The van der Waals surface area contributed by atoms with Crippen molar-refractivity contribution in [3.8, 4) is 11.3 Å². The molecule has 3 nitrogen and oxygen atoms in total. The van der Waals surface area contributed by atoms with Crippen LogP contribution in [0.4, 0.5) is 0 Å². The summed E-state index contributed by atoms with van der Waals surface area (Å²) in [6.45, 7) is 2.26. The molecule has 2 aromatic carbocycles. The first-order valence-electron chi connectivity index (χ1n) is 9.84. The topological polar surface area (TPSA) is 50.2 Å². The molecule has 1 aliphatic rings. The third-order valence-corrected chi connectivity index (χ3v) is 6.47. The molecule has 1 aromatic heterocycles. The second-order valence-corrected chi connectivity index (χ2v) is 8.11. The summed E-state index contributed by atoms with van der Waals surface area (Å²) in [6.07, 6.45) is 4.84. The van der Waals surface area contributed by atoms with E-state index in [1.54, 1.807) is 0 Å². The number of hydrogen-bond donors (Lipinski definition) is 1. The van der Waals surface area contributed by atoms with Crippen LogP contribution < -0.4 is 0 Å². The normalized spacial score (nSPS) is 24.6. The standard InChI is InChI=1S/C25H25NO2/c1-24(21-12-17-26-22(18-21)19-8-4-2-5-9-19)13-15-25(16-14-24,23(27)28)20-10-6-3-7-11-20/h2-12,17-18H,13-16H2,1H3,(H,27,28)/t24-,25-. The van der Waals surface area contributed by atoms with Crippen LogP contribution >= 0.6 is 0 Å². The van der Waals surface area contributed by atoms with Crippen molar-refractivity contribution >= 4 is 5.97 Å². The zero-order valence-electron chi connectivity index (χ0n) is 16.1. The molecule has 3 heteroatoms. The highest BCUT2D eigenvalue weighted by Gasteiger charge is 2.47. The van der Waals surface area contributed by atoms with Gasteiger partial charge in [-0.3, -0.25) is 9.78 Å². The highest BCUT2D eigenvalue weighted by Crippen LogP contribution is 2.48. The Morgan fingerprint density at radius 1 is 0.857 bits per heavy atom. The van der Waals surface area contributed by atoms with E-state index < -0.39 is 11.4 Å². The average Bonchev–Trinajstić information content (AvgIpc) is 2.76. The second-order valence-electron chi connectivity index (χ2n) is 8.11. The lowest BCUT2D eigenvalue weighted by Gasteiger charge is -2.43. The lowest BCUT2D eigenvalue weighted by atomic mass is 9.60. The highest BCUT2D eigenvalue weighted by molar-refractivity contribution is 5.81. The highest BCUT2D eigenvalue weighted by atomic mass is 16.4. The van der Waals surface area contributed by atoms with Crippen LogP contribution in [0.5, 0.6) is 0 Å². The number of carboxylic acids is 1. The molecule has 1 aliphatic carbocycles. The van der Waals surface area contributed by atoms with E-state index in [9.17, 15) is 9.90 Å². The summed E-state index contributed by atoms with van der Waals surface area (Å²) in [5.41, 5.74) is 3.42. The van der Waals surface area contributed by atoms with Gasteiger partial charge in [0.05, 0.1) is 11.1 Å². The van der Waals surface area contributed by atoms with Crippen LogP contribution in [0.1, 0.15) is 43.7 Å². The van der Waals surface area contributed by atoms with Crippen LogP contribution in [-0.2, 0) is 15.6 Å². The maximum Gasteiger partial charge on any atom is 0.314 e. The van der Waals surface area contributed by atoms with Crippen molar-refractivity contribution in [1.29, 1.82) is 0 Å². The summed E-state index contributed by atoms with van der Waals surface area (Å²) in [5.74, 6) is -0.708. The van der Waals surface area contributed by atoms with Crippen molar-refractivity contribution in [3.63, 3.8) is 0 Å². The average molecular weight is 371 g/mol. The van der Waals surface area contributed by atoms with E-state index in [0.29, 0.717) is 12.8 Å². The van der Waals surface area contributed by atoms with Gasteiger partial charge in [0.15, 0.2) is 0 Å². The Kier molecular flexibility index (Phi) is 4.76. The molecule has 1 heterocycles. The van der Waals surface area contributed by atoms with Gasteiger partial charge in [-0.25, -0.2) is 0 Å². The Bertz CT molecular complexity index is 958. The Balaban J connectivity index is 1.63. The Labute approximate surface area is 166 Å². The Morgan fingerprint density at radius 2 is 1.46 bits per heavy atom. The number of aliphatic carboxylic acids is 1. The number of carboxylic acid groups (broad SMARTS) is 1. The van der Waals surface area contributed by atoms with Gasteiger partial charge in [0.2, 0.25) is 0 Å². The van der Waals surface area contributed by atoms with Gasteiger partial charge in [-0.1, -0.05) is 67.6 Å². The van der Waals surface area contributed by atoms with Crippen LogP contribution in [0.25, 0.3) is 11.3 Å². The summed E-state index contributed by atoms with van der Waals surface area (Å²) >= 11 is 0. The maximum atomic E-state index is 12.3. The number of rotatable bonds is 4. The fraction of sp³-hybridized carbons (Fsp3) is 0.280. The van der Waals surface area contributed by atoms with Gasteiger partial charge in [0.1, 0.15) is 0 Å². The first-order valence-corrected chi connectivity index (χ1v) is 9.84. The number of pyridine rings is 1. The largest absolute Gasteiger partial charge is 0.481 e. The van der Waals surface area contributed by atoms with Gasteiger partial charge in [-0.2, -0.15) is 0 Å². The Hall–Kier alpha value is -2.94. The number of carbonyl (C=O) groups is 1. The molecule has 0 radical (unpaired) electrons. The minimum Gasteiger partial charge on any atom is -0.481 e. The van der Waals surface area contributed by atoms with E-state index in [0.717, 1.165) is 29.7 Å². The van der Waals surface area contributed by atoms with Crippen molar-refractivity contribution in [2.24, 2.45) is 0 Å². The molecule has 1 fully saturated rings. The molecule has 142 valence electrons. The summed E-state index contributed by atoms with van der Waals surface area (Å²) in [6, 6.07) is 24.2. The fourth-order valence-electron chi connectivity index (χ4n) is 4.47. The first kappa shape index (κ1) is 18.4. The van der Waals surface area contributed by atoms with E-state index in [1.165, 1.54) is 5.56 Å². The predicted molar refractivity (Wildman–Crippen MR) is 111 cm³/mol. The summed E-state index contributed by atoms with van der Waals surface area (Å²) in [5, 5.41) is 10.1. The molecule has 0 saturated heterocycles. The number of nitrogens with zero attached hydrogens (tertiary/aromatic N) is 1. The third kappa shape index (κ3) is 3.22. The lowest BCUT2D eigenvalue weighted by molar-refractivity contribution is -0.145. The molecular weight excluding hydrogens is 346 g/mol. The van der Waals surface area contributed by atoms with Gasteiger partial charge in [0, 0.05) is 11.8 Å². The van der Waals surface area contributed by atoms with Crippen LogP contribution in [0, 0.1) is 0 Å². The van der Waals surface area contributed by atoms with E-state index in [2.05, 4.69) is 36.2 Å². The van der Waals surface area contributed by atoms with Crippen molar-refractivity contribution < 1.29 is 9.90 Å². The first-order chi connectivity index (χ1) is 13.5. The fourth-order valence-corrected chi connectivity index (χ4v) is 4.47. The quantitative estimate of drug-likeness (QED) is 0.649. The summed E-state index contributed by atoms with van der Waals surface area (Å²) in [4.78, 5) is 16.8. The van der Waals surface area contributed by atoms with Crippen molar-refractivity contribution in [3.05, 3.63) is 90.1 Å². The number of benzene rings is 2. The van der Waals surface area contributed by atoms with Gasteiger partial charge < -0.3 is 5.11 Å². The maximum absolute atomic E-state index is 12.3.